The van der Waals surface area contributed by atoms with E-state index < -0.39 is 11.8 Å². The number of amides is 3. The molecule has 2 aromatic carbocycles. The number of hydrogen-bond donors (Lipinski definition) is 4. The molecule has 0 radical (unpaired) electrons. The number of aromatic amines is 1. The number of halogens is 1. The minimum Gasteiger partial charge on any atom is -0.348 e. The molecule has 3 heterocycles. The first-order chi connectivity index (χ1) is 16.4. The smallest absolute Gasteiger partial charge is 0.337 e. The van der Waals surface area contributed by atoms with Crippen molar-refractivity contribution in [1.82, 2.24) is 20.3 Å². The van der Waals surface area contributed by atoms with E-state index in [1.807, 2.05) is 6.92 Å². The predicted octanol–water partition coefficient (Wildman–Crippen LogP) is 4.71. The molecular weight excluding hydrogens is 455 g/mol. The summed E-state index contributed by atoms with van der Waals surface area (Å²) >= 11 is 4.21. The zero-order chi connectivity index (χ0) is 23.8. The highest BCUT2D eigenvalue weighted by Gasteiger charge is 2.28. The summed E-state index contributed by atoms with van der Waals surface area (Å²) in [6.07, 6.45) is 3.23. The van der Waals surface area contributed by atoms with Crippen molar-refractivity contribution >= 4 is 36.3 Å². The summed E-state index contributed by atoms with van der Waals surface area (Å²) in [5.74, 6) is 0.150. The SMILES string of the molecule is Cc1cnc(-c2ccc(-c3ccc(N(S)C(=O)Nc4ccccn4)cc3F)c3c2C(=O)NC3)[nH]1. The standard InChI is InChI=1S/C24H19FN6O2S/c1-13-11-27-22(29-13)17-8-7-15(18-12-28-23(32)21(17)18)16-6-5-14(10-19(16)25)31(34)24(33)30-20-4-2-3-9-26-20/h2-11,34H,12H2,1H3,(H,27,29)(H,28,32)(H,26,30,33). The molecule has 34 heavy (non-hydrogen) atoms. The van der Waals surface area contributed by atoms with Crippen molar-refractivity contribution in [3.63, 3.8) is 0 Å². The van der Waals surface area contributed by atoms with Gasteiger partial charge in [0, 0.05) is 35.8 Å². The molecule has 2 aromatic heterocycles. The summed E-state index contributed by atoms with van der Waals surface area (Å²) in [5.41, 5.74) is 3.84. The maximum Gasteiger partial charge on any atom is 0.337 e. The van der Waals surface area contributed by atoms with Crippen molar-refractivity contribution in [1.29, 1.82) is 0 Å². The molecule has 1 aliphatic heterocycles. The average molecular weight is 475 g/mol. The molecule has 0 fully saturated rings. The highest BCUT2D eigenvalue weighted by atomic mass is 32.1. The van der Waals surface area contributed by atoms with Gasteiger partial charge < -0.3 is 10.3 Å². The predicted molar refractivity (Wildman–Crippen MR) is 130 cm³/mol. The lowest BCUT2D eigenvalue weighted by Crippen LogP contribution is -2.27. The first kappa shape index (κ1) is 21.7. The van der Waals surface area contributed by atoms with Gasteiger partial charge in [0.15, 0.2) is 0 Å². The molecule has 0 atom stereocenters. The molecule has 5 rings (SSSR count). The summed E-state index contributed by atoms with van der Waals surface area (Å²) in [5, 5.41) is 5.41. The monoisotopic (exact) mass is 474 g/mol. The van der Waals surface area contributed by atoms with Crippen LogP contribution in [0.1, 0.15) is 21.6 Å². The molecule has 10 heteroatoms. The van der Waals surface area contributed by atoms with Crippen molar-refractivity contribution in [3.05, 3.63) is 83.6 Å². The van der Waals surface area contributed by atoms with Crippen LogP contribution in [0, 0.1) is 12.7 Å². The van der Waals surface area contributed by atoms with Crippen LogP contribution in [0.15, 0.2) is 60.9 Å². The maximum atomic E-state index is 15.3. The number of anilines is 2. The minimum absolute atomic E-state index is 0.231. The lowest BCUT2D eigenvalue weighted by molar-refractivity contribution is 0.0966. The van der Waals surface area contributed by atoms with Crippen molar-refractivity contribution in [2.24, 2.45) is 0 Å². The van der Waals surface area contributed by atoms with Crippen molar-refractivity contribution in [2.75, 3.05) is 9.62 Å². The van der Waals surface area contributed by atoms with E-state index in [-0.39, 0.29) is 18.1 Å². The van der Waals surface area contributed by atoms with Gasteiger partial charge in [0.1, 0.15) is 17.5 Å². The fraction of sp³-hybridized carbons (Fsp3) is 0.0833. The Morgan fingerprint density at radius 3 is 2.62 bits per heavy atom. The van der Waals surface area contributed by atoms with Crippen LogP contribution < -0.4 is 14.9 Å². The first-order valence-electron chi connectivity index (χ1n) is 10.4. The molecule has 0 saturated heterocycles. The summed E-state index contributed by atoms with van der Waals surface area (Å²) in [6, 6.07) is 12.4. The Morgan fingerprint density at radius 1 is 1.12 bits per heavy atom. The van der Waals surface area contributed by atoms with Gasteiger partial charge in [-0.1, -0.05) is 24.9 Å². The van der Waals surface area contributed by atoms with Gasteiger partial charge in [-0.15, -0.1) is 0 Å². The molecular formula is C24H19FN6O2S. The first-order valence-corrected chi connectivity index (χ1v) is 10.8. The Balaban J connectivity index is 1.47. The van der Waals surface area contributed by atoms with Crippen molar-refractivity contribution in [3.8, 4) is 22.5 Å². The number of carbonyl (C=O) groups excluding carboxylic acids is 2. The Labute approximate surface area is 199 Å². The number of imidazole rings is 1. The van der Waals surface area contributed by atoms with Crippen LogP contribution in [0.4, 0.5) is 20.7 Å². The van der Waals surface area contributed by atoms with Gasteiger partial charge in [0.25, 0.3) is 5.91 Å². The fourth-order valence-electron chi connectivity index (χ4n) is 3.92. The molecule has 4 aromatic rings. The number of rotatable bonds is 4. The Bertz CT molecular complexity index is 1420. The molecule has 0 aliphatic carbocycles. The maximum absolute atomic E-state index is 15.3. The number of hydrogen-bond acceptors (Lipinski definition) is 5. The van der Waals surface area contributed by atoms with E-state index in [1.165, 1.54) is 6.07 Å². The number of aryl methyl sites for hydroxylation is 1. The van der Waals surface area contributed by atoms with Gasteiger partial charge in [0.2, 0.25) is 0 Å². The number of aromatic nitrogens is 3. The Morgan fingerprint density at radius 2 is 1.91 bits per heavy atom. The van der Waals surface area contributed by atoms with Gasteiger partial charge >= 0.3 is 6.03 Å². The van der Waals surface area contributed by atoms with Crippen LogP contribution in [-0.2, 0) is 6.54 Å². The largest absolute Gasteiger partial charge is 0.348 e. The number of nitrogens with one attached hydrogen (secondary N) is 3. The molecule has 0 unspecified atom stereocenters. The van der Waals surface area contributed by atoms with Crippen LogP contribution in [0.5, 0.6) is 0 Å². The van der Waals surface area contributed by atoms with E-state index in [2.05, 4.69) is 38.4 Å². The Hall–Kier alpha value is -4.18. The molecule has 3 amide bonds. The van der Waals surface area contributed by atoms with Gasteiger partial charge in [-0.3, -0.25) is 10.1 Å². The fourth-order valence-corrected chi connectivity index (χ4v) is 4.09. The molecule has 170 valence electrons. The normalized spacial score (nSPS) is 12.3. The average Bonchev–Trinajstić information content (AvgIpc) is 3.45. The van der Waals surface area contributed by atoms with Crippen molar-refractivity contribution in [2.45, 2.75) is 13.5 Å². The number of thiol groups is 1. The lowest BCUT2D eigenvalue weighted by atomic mass is 9.92. The lowest BCUT2D eigenvalue weighted by Gasteiger charge is -2.18. The zero-order valence-electron chi connectivity index (χ0n) is 18.0. The van der Waals surface area contributed by atoms with Crippen LogP contribution in [0.2, 0.25) is 0 Å². The Kier molecular flexibility index (Phi) is 5.50. The van der Waals surface area contributed by atoms with Gasteiger partial charge in [-0.2, -0.15) is 0 Å². The molecule has 0 saturated carbocycles. The third-order valence-corrected chi connectivity index (χ3v) is 5.92. The number of nitrogens with zero attached hydrogens (tertiary/aromatic N) is 3. The van der Waals surface area contributed by atoms with E-state index in [9.17, 15) is 9.59 Å². The third kappa shape index (κ3) is 3.88. The summed E-state index contributed by atoms with van der Waals surface area (Å²) in [7, 11) is 0. The number of carbonyl (C=O) groups is 2. The number of benzene rings is 2. The van der Waals surface area contributed by atoms with Crippen LogP contribution in [0.3, 0.4) is 0 Å². The van der Waals surface area contributed by atoms with Crippen LogP contribution in [0.25, 0.3) is 22.5 Å². The second-order valence-electron chi connectivity index (χ2n) is 7.73. The highest BCUT2D eigenvalue weighted by molar-refractivity contribution is 7.82. The summed E-state index contributed by atoms with van der Waals surface area (Å²) < 4.78 is 16.2. The van der Waals surface area contributed by atoms with E-state index in [1.54, 1.807) is 54.9 Å². The number of pyridine rings is 1. The van der Waals surface area contributed by atoms with Crippen molar-refractivity contribution < 1.29 is 14.0 Å². The second kappa shape index (κ2) is 8.64. The van der Waals surface area contributed by atoms with E-state index >= 15 is 4.39 Å². The second-order valence-corrected chi connectivity index (χ2v) is 8.13. The van der Waals surface area contributed by atoms with E-state index in [0.29, 0.717) is 39.5 Å². The summed E-state index contributed by atoms with van der Waals surface area (Å²) in [6.45, 7) is 2.16. The topological polar surface area (TPSA) is 103 Å². The number of H-pyrrole nitrogens is 1. The third-order valence-electron chi connectivity index (χ3n) is 5.50. The minimum atomic E-state index is -0.581. The molecule has 8 nitrogen and oxygen atoms in total. The van der Waals surface area contributed by atoms with Gasteiger partial charge in [-0.25, -0.2) is 23.5 Å². The number of fused-ring (bicyclic) bond motifs is 1. The molecule has 1 aliphatic rings. The molecule has 3 N–H and O–H groups in total. The van der Waals surface area contributed by atoms with Gasteiger partial charge in [-0.05, 0) is 54.4 Å². The summed E-state index contributed by atoms with van der Waals surface area (Å²) in [4.78, 5) is 36.6. The molecule has 0 bridgehead atoms. The quantitative estimate of drug-likeness (QED) is 0.322. The van der Waals surface area contributed by atoms with Crippen LogP contribution >= 0.6 is 12.8 Å². The highest BCUT2D eigenvalue weighted by Crippen LogP contribution is 2.37. The van der Waals surface area contributed by atoms with E-state index in [0.717, 1.165) is 10.00 Å². The van der Waals surface area contributed by atoms with Gasteiger partial charge in [0.05, 0.1) is 11.3 Å². The van der Waals surface area contributed by atoms with Crippen LogP contribution in [-0.4, -0.2) is 26.9 Å². The number of urea groups is 1. The zero-order valence-corrected chi connectivity index (χ0v) is 18.9. The van der Waals surface area contributed by atoms with E-state index in [4.69, 9.17) is 0 Å². The molecule has 0 spiro atoms.